The van der Waals surface area contributed by atoms with E-state index < -0.39 is 0 Å². The molecule has 0 spiro atoms. The van der Waals surface area contributed by atoms with E-state index in [1.54, 1.807) is 14.2 Å². The Bertz CT molecular complexity index is 807. The van der Waals surface area contributed by atoms with Crippen LogP contribution >= 0.6 is 0 Å². The molecule has 0 aromatic heterocycles. The molecule has 0 unspecified atom stereocenters. The number of para-hydroxylation sites is 2. The van der Waals surface area contributed by atoms with Crippen molar-refractivity contribution in [2.75, 3.05) is 53.5 Å². The Labute approximate surface area is 258 Å². The third-order valence-electron chi connectivity index (χ3n) is 7.89. The van der Waals surface area contributed by atoms with Crippen molar-refractivity contribution in [3.63, 3.8) is 0 Å². The molecule has 2 rings (SSSR count). The van der Waals surface area contributed by atoms with Gasteiger partial charge in [0.2, 0.25) is 0 Å². The Hall–Kier alpha value is -2.12. The number of unbranched alkanes of at least 4 members (excludes halogenated alkanes) is 11. The van der Waals surface area contributed by atoms with Crippen molar-refractivity contribution in [1.82, 2.24) is 21.3 Å². The summed E-state index contributed by atoms with van der Waals surface area (Å²) in [5, 5.41) is 14.3. The van der Waals surface area contributed by atoms with Gasteiger partial charge in [-0.1, -0.05) is 87.8 Å². The Morgan fingerprint density at radius 1 is 0.381 bits per heavy atom. The molecule has 2 aromatic rings. The average Bonchev–Trinajstić information content (AvgIpc) is 3.03. The normalized spacial score (nSPS) is 11.2. The van der Waals surface area contributed by atoms with Crippen LogP contribution in [0.15, 0.2) is 48.5 Å². The van der Waals surface area contributed by atoms with Crippen LogP contribution < -0.4 is 30.7 Å². The molecule has 0 radical (unpaired) electrons. The summed E-state index contributed by atoms with van der Waals surface area (Å²) in [6.45, 7) is 8.57. The second-order valence-electron chi connectivity index (χ2n) is 11.4. The van der Waals surface area contributed by atoms with Crippen molar-refractivity contribution in [3.05, 3.63) is 59.7 Å². The Morgan fingerprint density at radius 2 is 0.667 bits per heavy atom. The third-order valence-corrected chi connectivity index (χ3v) is 7.89. The second kappa shape index (κ2) is 26.5. The molecule has 4 N–H and O–H groups in total. The first-order chi connectivity index (χ1) is 20.8. The lowest BCUT2D eigenvalue weighted by molar-refractivity contribution is 0.407. The van der Waals surface area contributed by atoms with E-state index in [0.717, 1.165) is 50.8 Å². The van der Waals surface area contributed by atoms with Crippen molar-refractivity contribution in [1.29, 1.82) is 0 Å². The number of benzene rings is 2. The molecule has 0 bridgehead atoms. The minimum Gasteiger partial charge on any atom is -0.496 e. The fraction of sp³-hybridized carbons (Fsp3) is 0.667. The van der Waals surface area contributed by atoms with Gasteiger partial charge >= 0.3 is 0 Å². The van der Waals surface area contributed by atoms with E-state index in [0.29, 0.717) is 0 Å². The molecule has 0 saturated carbocycles. The number of methoxy groups -OCH3 is 2. The number of hydrogen-bond donors (Lipinski definition) is 4. The van der Waals surface area contributed by atoms with Crippen LogP contribution in [0.25, 0.3) is 0 Å². The zero-order valence-electron chi connectivity index (χ0n) is 27.0. The number of ether oxygens (including phenoxy) is 2. The highest BCUT2D eigenvalue weighted by Crippen LogP contribution is 2.17. The molecule has 6 heteroatoms. The molecular weight excluding hydrogens is 520 g/mol. The molecule has 0 aliphatic heterocycles. The summed E-state index contributed by atoms with van der Waals surface area (Å²) in [7, 11) is 3.48. The first kappa shape index (κ1) is 36.1. The third kappa shape index (κ3) is 18.4. The van der Waals surface area contributed by atoms with Crippen molar-refractivity contribution >= 4 is 0 Å². The molecular formula is C36H62N4O2. The zero-order chi connectivity index (χ0) is 29.8. The van der Waals surface area contributed by atoms with Gasteiger partial charge in [-0.15, -0.1) is 0 Å². The average molecular weight is 583 g/mol. The van der Waals surface area contributed by atoms with Crippen LogP contribution in [-0.4, -0.2) is 53.5 Å². The van der Waals surface area contributed by atoms with E-state index in [4.69, 9.17) is 9.47 Å². The fourth-order valence-electron chi connectivity index (χ4n) is 5.31. The lowest BCUT2D eigenvalue weighted by atomic mass is 10.1. The van der Waals surface area contributed by atoms with Crippen LogP contribution in [-0.2, 0) is 13.1 Å². The maximum Gasteiger partial charge on any atom is 0.123 e. The van der Waals surface area contributed by atoms with Gasteiger partial charge in [-0.05, 0) is 89.9 Å². The predicted octanol–water partition coefficient (Wildman–Crippen LogP) is 7.22. The largest absolute Gasteiger partial charge is 0.496 e. The first-order valence-corrected chi connectivity index (χ1v) is 16.9. The van der Waals surface area contributed by atoms with E-state index >= 15 is 0 Å². The van der Waals surface area contributed by atoms with Gasteiger partial charge in [-0.25, -0.2) is 0 Å². The van der Waals surface area contributed by atoms with Crippen molar-refractivity contribution in [2.45, 2.75) is 103 Å². The molecule has 0 amide bonds. The number of hydrogen-bond acceptors (Lipinski definition) is 6. The topological polar surface area (TPSA) is 66.6 Å². The van der Waals surface area contributed by atoms with Crippen LogP contribution in [0.4, 0.5) is 0 Å². The van der Waals surface area contributed by atoms with Gasteiger partial charge in [0, 0.05) is 24.2 Å². The number of nitrogens with one attached hydrogen (secondary N) is 4. The lowest BCUT2D eigenvalue weighted by Gasteiger charge is -2.09. The van der Waals surface area contributed by atoms with Gasteiger partial charge in [-0.3, -0.25) is 0 Å². The molecule has 0 heterocycles. The van der Waals surface area contributed by atoms with Crippen LogP contribution in [0.3, 0.4) is 0 Å². The van der Waals surface area contributed by atoms with Crippen LogP contribution in [0.5, 0.6) is 11.5 Å². The monoisotopic (exact) mass is 582 g/mol. The van der Waals surface area contributed by atoms with E-state index in [-0.39, 0.29) is 0 Å². The molecule has 2 aromatic carbocycles. The van der Waals surface area contributed by atoms with E-state index in [1.807, 2.05) is 24.3 Å². The summed E-state index contributed by atoms with van der Waals surface area (Å²) >= 11 is 0. The number of rotatable bonds is 29. The maximum atomic E-state index is 5.41. The fourth-order valence-corrected chi connectivity index (χ4v) is 5.31. The first-order valence-electron chi connectivity index (χ1n) is 16.9. The SMILES string of the molecule is COc1ccccc1CNCCCCCNCCCCCCCCCCNCCCCCNCc1ccccc1OC. The second-order valence-corrected chi connectivity index (χ2v) is 11.4. The highest BCUT2D eigenvalue weighted by Gasteiger charge is 2.01. The predicted molar refractivity (Wildman–Crippen MR) is 180 cm³/mol. The van der Waals surface area contributed by atoms with Crippen LogP contribution in [0, 0.1) is 0 Å². The highest BCUT2D eigenvalue weighted by atomic mass is 16.5. The van der Waals surface area contributed by atoms with Crippen LogP contribution in [0.1, 0.15) is 101 Å². The summed E-state index contributed by atoms with van der Waals surface area (Å²) in [5.74, 6) is 1.95. The molecule has 0 aliphatic rings. The van der Waals surface area contributed by atoms with Crippen molar-refractivity contribution < 1.29 is 9.47 Å². The summed E-state index contributed by atoms with van der Waals surface area (Å²) in [6.07, 6.45) is 18.6. The summed E-state index contributed by atoms with van der Waals surface area (Å²) in [4.78, 5) is 0. The smallest absolute Gasteiger partial charge is 0.123 e. The molecule has 0 fully saturated rings. The Kier molecular flexibility index (Phi) is 22.8. The minimum absolute atomic E-state index is 0.881. The van der Waals surface area contributed by atoms with Gasteiger partial charge in [-0.2, -0.15) is 0 Å². The van der Waals surface area contributed by atoms with Crippen molar-refractivity contribution in [3.8, 4) is 11.5 Å². The quantitative estimate of drug-likeness (QED) is 0.0760. The van der Waals surface area contributed by atoms with Crippen molar-refractivity contribution in [2.24, 2.45) is 0 Å². The van der Waals surface area contributed by atoms with E-state index in [1.165, 1.54) is 114 Å². The van der Waals surface area contributed by atoms with E-state index in [2.05, 4.69) is 45.5 Å². The van der Waals surface area contributed by atoms with Gasteiger partial charge in [0.15, 0.2) is 0 Å². The molecule has 6 nitrogen and oxygen atoms in total. The van der Waals surface area contributed by atoms with E-state index in [9.17, 15) is 0 Å². The van der Waals surface area contributed by atoms with Gasteiger partial charge in [0.05, 0.1) is 14.2 Å². The maximum absolute atomic E-state index is 5.41. The molecule has 0 aliphatic carbocycles. The standard InChI is InChI=1S/C36H62N4O2/c1-41-35-23-13-11-21-33(35)31-39-29-19-9-17-27-37-25-15-7-5-3-4-6-8-16-26-38-28-18-10-20-30-40-32-34-22-12-14-24-36(34)42-2/h11-14,21-24,37-40H,3-10,15-20,25-32H2,1-2H3. The molecule has 0 saturated heterocycles. The summed E-state index contributed by atoms with van der Waals surface area (Å²) in [5.41, 5.74) is 2.47. The zero-order valence-corrected chi connectivity index (χ0v) is 27.0. The molecule has 42 heavy (non-hydrogen) atoms. The highest BCUT2D eigenvalue weighted by molar-refractivity contribution is 5.33. The molecule has 238 valence electrons. The van der Waals surface area contributed by atoms with Gasteiger partial charge in [0.1, 0.15) is 11.5 Å². The lowest BCUT2D eigenvalue weighted by Crippen LogP contribution is -2.18. The minimum atomic E-state index is 0.881. The Morgan fingerprint density at radius 3 is 1.02 bits per heavy atom. The van der Waals surface area contributed by atoms with Gasteiger partial charge < -0.3 is 30.7 Å². The molecule has 0 atom stereocenters. The Balaban J connectivity index is 1.21. The van der Waals surface area contributed by atoms with Gasteiger partial charge in [0.25, 0.3) is 0 Å². The van der Waals surface area contributed by atoms with Crippen LogP contribution in [0.2, 0.25) is 0 Å². The summed E-state index contributed by atoms with van der Waals surface area (Å²) < 4.78 is 10.8. The summed E-state index contributed by atoms with van der Waals surface area (Å²) in [6, 6.07) is 16.5.